The monoisotopic (exact) mass is 479 g/mol. The Labute approximate surface area is 204 Å². The Kier molecular flexibility index (Phi) is 5.15. The van der Waals surface area contributed by atoms with Crippen LogP contribution >= 0.6 is 0 Å². The van der Waals surface area contributed by atoms with Crippen molar-refractivity contribution in [2.75, 3.05) is 0 Å². The van der Waals surface area contributed by atoms with E-state index in [2.05, 4.69) is 25.8 Å². The van der Waals surface area contributed by atoms with Gasteiger partial charge in [-0.05, 0) is 74.8 Å². The van der Waals surface area contributed by atoms with Gasteiger partial charge in [-0.1, -0.05) is 13.8 Å². The maximum atomic E-state index is 13.1. The van der Waals surface area contributed by atoms with Crippen LogP contribution in [0.15, 0.2) is 39.8 Å². The number of esters is 1. The minimum absolute atomic E-state index is 0.0527. The molecule has 3 heterocycles. The first kappa shape index (κ1) is 22.8. The van der Waals surface area contributed by atoms with Crippen LogP contribution in [0, 0.1) is 29.1 Å². The molecule has 3 saturated carbocycles. The molecule has 7 nitrogen and oxygen atoms in total. The van der Waals surface area contributed by atoms with Crippen molar-refractivity contribution >= 4 is 5.97 Å². The Balaban J connectivity index is 1.34. The topological polar surface area (TPSA) is 98.9 Å². The lowest BCUT2D eigenvalue weighted by atomic mass is 9.47. The highest BCUT2D eigenvalue weighted by Crippen LogP contribution is 2.64. The Morgan fingerprint density at radius 1 is 1.20 bits per heavy atom. The summed E-state index contributed by atoms with van der Waals surface area (Å²) in [6, 6.07) is 5.32. The maximum absolute atomic E-state index is 13.1. The predicted octanol–water partition coefficient (Wildman–Crippen LogP) is 4.67. The van der Waals surface area contributed by atoms with Gasteiger partial charge in [0.25, 0.3) is 0 Å². The van der Waals surface area contributed by atoms with Gasteiger partial charge in [0.2, 0.25) is 0 Å². The van der Waals surface area contributed by atoms with Crippen molar-refractivity contribution in [1.29, 1.82) is 0 Å². The average molecular weight is 480 g/mol. The summed E-state index contributed by atoms with van der Waals surface area (Å²) in [5, 5.41) is 11.7. The Morgan fingerprint density at radius 2 is 2.00 bits per heavy atom. The van der Waals surface area contributed by atoms with Crippen molar-refractivity contribution in [3.05, 3.63) is 46.6 Å². The molecule has 3 aliphatic carbocycles. The summed E-state index contributed by atoms with van der Waals surface area (Å²) >= 11 is 0. The number of ether oxygens (including phenoxy) is 2. The van der Waals surface area contributed by atoms with E-state index in [4.69, 9.17) is 13.9 Å². The zero-order chi connectivity index (χ0) is 24.5. The lowest BCUT2D eigenvalue weighted by molar-refractivity contribution is -0.208. The maximum Gasteiger partial charge on any atom is 0.345 e. The molecule has 7 unspecified atom stereocenters. The smallest absolute Gasteiger partial charge is 0.345 e. The summed E-state index contributed by atoms with van der Waals surface area (Å²) in [5.41, 5.74) is -0.560. The molecule has 0 amide bonds. The number of carbonyl (C=O) groups excluding carboxylic acids is 1. The summed E-state index contributed by atoms with van der Waals surface area (Å²) < 4.78 is 18.2. The van der Waals surface area contributed by atoms with E-state index < -0.39 is 17.3 Å². The molecule has 2 aromatic rings. The van der Waals surface area contributed by atoms with Crippen LogP contribution in [-0.2, 0) is 9.53 Å². The molecule has 1 aliphatic heterocycles. The predicted molar refractivity (Wildman–Crippen MR) is 128 cm³/mol. The molecule has 35 heavy (non-hydrogen) atoms. The number of aromatic nitrogens is 1. The Morgan fingerprint density at radius 3 is 2.71 bits per heavy atom. The fraction of sp³-hybridized carbons (Fsp3) is 0.607. The van der Waals surface area contributed by atoms with E-state index >= 15 is 0 Å². The molecule has 0 bridgehead atoms. The number of hydrogen-bond acceptors (Lipinski definition) is 7. The first-order valence-electron chi connectivity index (χ1n) is 12.9. The van der Waals surface area contributed by atoms with E-state index in [1.54, 1.807) is 24.5 Å². The number of aliphatic hydroxyl groups is 1. The highest BCUT2D eigenvalue weighted by atomic mass is 16.5. The SMILES string of the molecule is CC1C(OC(=O)C2CC2)CCC2(C)C1CCC1(C)Oc3cc(-c4cccnc4)oc(=O)c3C(O)C12. The van der Waals surface area contributed by atoms with Gasteiger partial charge in [-0.3, -0.25) is 9.78 Å². The van der Waals surface area contributed by atoms with Crippen LogP contribution in [0.5, 0.6) is 5.75 Å². The lowest BCUT2D eigenvalue weighted by Gasteiger charge is -2.62. The van der Waals surface area contributed by atoms with E-state index in [-0.39, 0.29) is 46.7 Å². The van der Waals surface area contributed by atoms with E-state index in [1.165, 1.54) is 0 Å². The van der Waals surface area contributed by atoms with Gasteiger partial charge in [0.05, 0.1) is 12.0 Å². The van der Waals surface area contributed by atoms with Gasteiger partial charge in [-0.15, -0.1) is 0 Å². The second kappa shape index (κ2) is 7.92. The van der Waals surface area contributed by atoms with E-state index in [0.717, 1.165) is 38.5 Å². The fourth-order valence-electron chi connectivity index (χ4n) is 7.48. The number of pyridine rings is 1. The van der Waals surface area contributed by atoms with Crippen LogP contribution in [0.1, 0.15) is 71.0 Å². The van der Waals surface area contributed by atoms with Gasteiger partial charge in [0.1, 0.15) is 28.8 Å². The third-order valence-corrected chi connectivity index (χ3v) is 9.38. The second-order valence-electron chi connectivity index (χ2n) is 11.6. The molecule has 6 rings (SSSR count). The first-order chi connectivity index (χ1) is 16.7. The molecule has 4 aliphatic rings. The molecule has 0 spiro atoms. The van der Waals surface area contributed by atoms with Crippen molar-refractivity contribution in [2.45, 2.75) is 77.1 Å². The molecule has 1 N–H and O–H groups in total. The molecule has 0 saturated heterocycles. The normalized spacial score (nSPS) is 37.9. The molecular weight excluding hydrogens is 446 g/mol. The zero-order valence-corrected chi connectivity index (χ0v) is 20.5. The van der Waals surface area contributed by atoms with Crippen LogP contribution in [0.3, 0.4) is 0 Å². The van der Waals surface area contributed by atoms with Crippen molar-refractivity contribution < 1.29 is 23.8 Å². The van der Waals surface area contributed by atoms with E-state index in [0.29, 0.717) is 17.1 Å². The molecule has 0 radical (unpaired) electrons. The molecule has 3 fully saturated rings. The minimum atomic E-state index is -0.992. The molecule has 7 heteroatoms. The third kappa shape index (κ3) is 3.53. The second-order valence-corrected chi connectivity index (χ2v) is 11.6. The van der Waals surface area contributed by atoms with Gasteiger partial charge in [0.15, 0.2) is 0 Å². The number of fused-ring (bicyclic) bond motifs is 4. The van der Waals surface area contributed by atoms with Crippen LogP contribution < -0.4 is 10.4 Å². The van der Waals surface area contributed by atoms with Crippen molar-refractivity contribution in [2.24, 2.45) is 29.1 Å². The molecule has 0 aromatic carbocycles. The number of nitrogens with zero attached hydrogens (tertiary/aromatic N) is 1. The van der Waals surface area contributed by atoms with Crippen LogP contribution in [0.25, 0.3) is 11.3 Å². The van der Waals surface area contributed by atoms with Gasteiger partial charge in [0, 0.05) is 29.9 Å². The number of hydrogen-bond donors (Lipinski definition) is 1. The quantitative estimate of drug-likeness (QED) is 0.639. The largest absolute Gasteiger partial charge is 0.486 e. The zero-order valence-electron chi connectivity index (χ0n) is 20.5. The van der Waals surface area contributed by atoms with Gasteiger partial charge < -0.3 is 19.0 Å². The molecule has 186 valence electrons. The van der Waals surface area contributed by atoms with Gasteiger partial charge in [-0.25, -0.2) is 4.79 Å². The molecule has 2 aromatic heterocycles. The summed E-state index contributed by atoms with van der Waals surface area (Å²) in [6.45, 7) is 6.46. The molecule has 7 atom stereocenters. The number of rotatable bonds is 3. The number of carbonyl (C=O) groups is 1. The van der Waals surface area contributed by atoms with Crippen molar-refractivity contribution in [3.63, 3.8) is 0 Å². The average Bonchev–Trinajstić information content (AvgIpc) is 3.66. The standard InChI is InChI=1S/C28H33NO6/c1-15-18-8-11-28(3)24(27(18,2)10-9-19(15)33-25(31)16-6-7-16)23(30)22-21(35-28)13-20(34-26(22)32)17-5-4-12-29-14-17/h4-5,12-16,18-19,23-24,30H,6-11H2,1-3H3. The highest BCUT2D eigenvalue weighted by Gasteiger charge is 2.63. The van der Waals surface area contributed by atoms with Gasteiger partial charge >= 0.3 is 11.6 Å². The van der Waals surface area contributed by atoms with Crippen LogP contribution in [0.2, 0.25) is 0 Å². The first-order valence-corrected chi connectivity index (χ1v) is 12.9. The van der Waals surface area contributed by atoms with Gasteiger partial charge in [-0.2, -0.15) is 0 Å². The Hall–Kier alpha value is -2.67. The fourth-order valence-corrected chi connectivity index (χ4v) is 7.48. The van der Waals surface area contributed by atoms with E-state index in [1.807, 2.05) is 6.07 Å². The summed E-state index contributed by atoms with van der Waals surface area (Å²) in [4.78, 5) is 29.6. The Bertz CT molecular complexity index is 1210. The van der Waals surface area contributed by atoms with Crippen molar-refractivity contribution in [3.8, 4) is 17.1 Å². The summed E-state index contributed by atoms with van der Waals surface area (Å²) in [5.74, 6) is 0.980. The molecular formula is C28H33NO6. The summed E-state index contributed by atoms with van der Waals surface area (Å²) in [7, 11) is 0. The lowest BCUT2D eigenvalue weighted by Crippen LogP contribution is -2.63. The van der Waals surface area contributed by atoms with E-state index in [9.17, 15) is 14.7 Å². The summed E-state index contributed by atoms with van der Waals surface area (Å²) in [6.07, 6.45) is 7.33. The van der Waals surface area contributed by atoms with Crippen LogP contribution in [-0.4, -0.2) is 27.8 Å². The minimum Gasteiger partial charge on any atom is -0.486 e. The third-order valence-electron chi connectivity index (χ3n) is 9.38. The van der Waals surface area contributed by atoms with Crippen LogP contribution in [0.4, 0.5) is 0 Å². The highest BCUT2D eigenvalue weighted by molar-refractivity contribution is 5.75. The number of aliphatic hydroxyl groups excluding tert-OH is 1. The van der Waals surface area contributed by atoms with Crippen molar-refractivity contribution in [1.82, 2.24) is 4.98 Å².